The third kappa shape index (κ3) is 6.15. The van der Waals surface area contributed by atoms with Gasteiger partial charge in [-0.25, -0.2) is 4.98 Å². The summed E-state index contributed by atoms with van der Waals surface area (Å²) in [7, 11) is 0. The van der Waals surface area contributed by atoms with E-state index in [1.54, 1.807) is 17.5 Å². The Hall–Kier alpha value is -4.02. The Morgan fingerprint density at radius 2 is 1.75 bits per heavy atom. The predicted molar refractivity (Wildman–Crippen MR) is 143 cm³/mol. The summed E-state index contributed by atoms with van der Waals surface area (Å²) in [4.78, 5) is 56.6. The minimum atomic E-state index is -0.386. The van der Waals surface area contributed by atoms with Gasteiger partial charge in [-0.15, -0.1) is 11.3 Å². The van der Waals surface area contributed by atoms with E-state index in [-0.39, 0.29) is 36.1 Å². The van der Waals surface area contributed by atoms with Gasteiger partial charge >= 0.3 is 0 Å². The van der Waals surface area contributed by atoms with Gasteiger partial charge in [0.05, 0.1) is 16.3 Å². The molecule has 4 rings (SSSR count). The Balaban J connectivity index is 1.30. The van der Waals surface area contributed by atoms with Crippen LogP contribution in [0.5, 0.6) is 0 Å². The number of carbonyl (C=O) groups excluding carboxylic acids is 4. The minimum absolute atomic E-state index is 0.0713. The molecule has 4 amide bonds. The largest absolute Gasteiger partial charge is 0.351 e. The van der Waals surface area contributed by atoms with E-state index < -0.39 is 0 Å². The summed E-state index contributed by atoms with van der Waals surface area (Å²) in [5, 5.41) is 4.55. The van der Waals surface area contributed by atoms with Crippen LogP contribution in [0.4, 0.5) is 15.6 Å². The fraction of sp³-hybridized carbons (Fsp3) is 0.115. The van der Waals surface area contributed by atoms with Crippen LogP contribution in [0.15, 0.2) is 77.0 Å². The molecule has 182 valence electrons. The van der Waals surface area contributed by atoms with Gasteiger partial charge in [-0.1, -0.05) is 48.5 Å². The lowest BCUT2D eigenvalue weighted by molar-refractivity contribution is -0.123. The fourth-order valence-electron chi connectivity index (χ4n) is 3.36. The highest BCUT2D eigenvalue weighted by Crippen LogP contribution is 2.32. The number of thiazole rings is 1. The molecule has 36 heavy (non-hydrogen) atoms. The lowest BCUT2D eigenvalue weighted by Gasteiger charge is -2.17. The molecule has 1 fully saturated rings. The molecule has 1 saturated heterocycles. The number of anilines is 2. The van der Waals surface area contributed by atoms with Gasteiger partial charge in [-0.2, -0.15) is 0 Å². The molecule has 3 aromatic rings. The zero-order valence-corrected chi connectivity index (χ0v) is 20.9. The quantitative estimate of drug-likeness (QED) is 0.434. The Morgan fingerprint density at radius 1 is 1.06 bits per heavy atom. The SMILES string of the molecule is CC(=O)N(c1ccccc1)c1nc(C=CC(=O)NCCN2C(=O)SC(=Cc3ccccc3)C2=O)cs1. The second kappa shape index (κ2) is 11.6. The highest BCUT2D eigenvalue weighted by molar-refractivity contribution is 8.18. The molecule has 0 atom stereocenters. The van der Waals surface area contributed by atoms with Crippen LogP contribution in [0, 0.1) is 0 Å². The van der Waals surface area contributed by atoms with Crippen molar-refractivity contribution in [3.05, 3.63) is 88.3 Å². The first kappa shape index (κ1) is 25.1. The van der Waals surface area contributed by atoms with E-state index in [2.05, 4.69) is 10.3 Å². The van der Waals surface area contributed by atoms with Gasteiger partial charge in [0.25, 0.3) is 11.1 Å². The zero-order valence-electron chi connectivity index (χ0n) is 19.3. The molecule has 0 radical (unpaired) electrons. The standard InChI is InChI=1S/C26H22N4O4S2/c1-18(31)30(21-10-6-3-7-11-21)25-28-20(17-35-25)12-13-23(32)27-14-15-29-24(33)22(36-26(29)34)16-19-8-4-2-5-9-19/h2-13,16-17H,14-15H2,1H3,(H,27,32). The minimum Gasteiger partial charge on any atom is -0.351 e. The van der Waals surface area contributed by atoms with Gasteiger partial charge in [0.2, 0.25) is 11.8 Å². The van der Waals surface area contributed by atoms with Crippen LogP contribution in [0.25, 0.3) is 12.2 Å². The molecular weight excluding hydrogens is 496 g/mol. The first-order chi connectivity index (χ1) is 17.4. The number of hydrogen-bond acceptors (Lipinski definition) is 7. The maximum absolute atomic E-state index is 12.6. The van der Waals surface area contributed by atoms with Crippen LogP contribution in [0.2, 0.25) is 0 Å². The third-order valence-electron chi connectivity index (χ3n) is 5.04. The molecule has 0 spiro atoms. The van der Waals surface area contributed by atoms with Crippen LogP contribution in [0.3, 0.4) is 0 Å². The van der Waals surface area contributed by atoms with Crippen molar-refractivity contribution in [2.75, 3.05) is 18.0 Å². The topological polar surface area (TPSA) is 99.7 Å². The second-order valence-electron chi connectivity index (χ2n) is 7.61. The van der Waals surface area contributed by atoms with Gasteiger partial charge in [0.15, 0.2) is 5.13 Å². The van der Waals surface area contributed by atoms with Crippen molar-refractivity contribution in [3.8, 4) is 0 Å². The number of rotatable bonds is 8. The van der Waals surface area contributed by atoms with E-state index in [1.807, 2.05) is 60.7 Å². The summed E-state index contributed by atoms with van der Waals surface area (Å²) < 4.78 is 0. The highest BCUT2D eigenvalue weighted by Gasteiger charge is 2.34. The van der Waals surface area contributed by atoms with E-state index >= 15 is 0 Å². The van der Waals surface area contributed by atoms with Crippen LogP contribution in [-0.2, 0) is 14.4 Å². The van der Waals surface area contributed by atoms with Gasteiger partial charge < -0.3 is 5.32 Å². The molecule has 1 N–H and O–H groups in total. The molecule has 8 nitrogen and oxygen atoms in total. The monoisotopic (exact) mass is 518 g/mol. The Morgan fingerprint density at radius 3 is 2.44 bits per heavy atom. The average molecular weight is 519 g/mol. The first-order valence-electron chi connectivity index (χ1n) is 11.0. The van der Waals surface area contributed by atoms with Crippen molar-refractivity contribution in [2.45, 2.75) is 6.92 Å². The molecule has 1 aromatic heterocycles. The second-order valence-corrected chi connectivity index (χ2v) is 9.44. The van der Waals surface area contributed by atoms with Gasteiger partial charge in [0, 0.05) is 31.5 Å². The van der Waals surface area contributed by atoms with E-state index in [0.29, 0.717) is 21.4 Å². The average Bonchev–Trinajstić information content (AvgIpc) is 3.43. The van der Waals surface area contributed by atoms with Crippen molar-refractivity contribution in [1.82, 2.24) is 15.2 Å². The lowest BCUT2D eigenvalue weighted by atomic mass is 10.2. The van der Waals surface area contributed by atoms with E-state index in [1.165, 1.54) is 29.2 Å². The van der Waals surface area contributed by atoms with Crippen molar-refractivity contribution < 1.29 is 19.2 Å². The lowest BCUT2D eigenvalue weighted by Crippen LogP contribution is -2.36. The number of para-hydroxylation sites is 1. The van der Waals surface area contributed by atoms with Crippen molar-refractivity contribution in [3.63, 3.8) is 0 Å². The molecule has 1 aliphatic rings. The van der Waals surface area contributed by atoms with Gasteiger partial charge in [-0.05, 0) is 41.6 Å². The van der Waals surface area contributed by atoms with E-state index in [0.717, 1.165) is 22.2 Å². The van der Waals surface area contributed by atoms with Crippen molar-refractivity contribution >= 4 is 69.0 Å². The van der Waals surface area contributed by atoms with Crippen LogP contribution in [0.1, 0.15) is 18.2 Å². The van der Waals surface area contributed by atoms with E-state index in [4.69, 9.17) is 0 Å². The Labute approximate surface area is 216 Å². The first-order valence-corrected chi connectivity index (χ1v) is 12.7. The molecule has 0 unspecified atom stereocenters. The number of aromatic nitrogens is 1. The molecule has 1 aliphatic heterocycles. The number of nitrogens with zero attached hydrogens (tertiary/aromatic N) is 3. The van der Waals surface area contributed by atoms with Crippen LogP contribution >= 0.6 is 23.1 Å². The predicted octanol–water partition coefficient (Wildman–Crippen LogP) is 4.69. The molecule has 0 bridgehead atoms. The number of thioether (sulfide) groups is 1. The summed E-state index contributed by atoms with van der Waals surface area (Å²) in [6, 6.07) is 18.5. The molecule has 2 aromatic carbocycles. The van der Waals surface area contributed by atoms with Gasteiger partial charge in [-0.3, -0.25) is 29.0 Å². The number of nitrogens with one attached hydrogen (secondary N) is 1. The maximum atomic E-state index is 12.6. The van der Waals surface area contributed by atoms with Crippen molar-refractivity contribution in [1.29, 1.82) is 0 Å². The number of carbonyl (C=O) groups is 4. The van der Waals surface area contributed by atoms with Gasteiger partial charge in [0.1, 0.15) is 0 Å². The van der Waals surface area contributed by atoms with E-state index in [9.17, 15) is 19.2 Å². The smallest absolute Gasteiger partial charge is 0.293 e. The zero-order chi connectivity index (χ0) is 25.5. The normalized spacial score (nSPS) is 14.6. The van der Waals surface area contributed by atoms with Crippen LogP contribution in [-0.4, -0.2) is 45.9 Å². The summed E-state index contributed by atoms with van der Waals surface area (Å²) in [5.41, 5.74) is 2.07. The molecule has 10 heteroatoms. The highest BCUT2D eigenvalue weighted by atomic mass is 32.2. The number of benzene rings is 2. The molecular formula is C26H22N4O4S2. The number of hydrogen-bond donors (Lipinski definition) is 1. The summed E-state index contributed by atoms with van der Waals surface area (Å²) in [6.45, 7) is 1.66. The molecule has 0 aliphatic carbocycles. The molecule has 2 heterocycles. The summed E-state index contributed by atoms with van der Waals surface area (Å²) >= 11 is 2.17. The van der Waals surface area contributed by atoms with Crippen LogP contribution < -0.4 is 10.2 Å². The Kier molecular flexibility index (Phi) is 8.09. The Bertz CT molecular complexity index is 1340. The maximum Gasteiger partial charge on any atom is 0.293 e. The summed E-state index contributed by atoms with van der Waals surface area (Å²) in [5.74, 6) is -0.931. The number of amides is 4. The third-order valence-corrected chi connectivity index (χ3v) is 6.79. The van der Waals surface area contributed by atoms with Crippen molar-refractivity contribution in [2.24, 2.45) is 0 Å². The number of imide groups is 1. The molecule has 0 saturated carbocycles. The fourth-order valence-corrected chi connectivity index (χ4v) is 5.08. The summed E-state index contributed by atoms with van der Waals surface area (Å²) in [6.07, 6.45) is 4.54.